The summed E-state index contributed by atoms with van der Waals surface area (Å²) in [5.41, 5.74) is 3.67. The molecule has 0 aliphatic carbocycles. The summed E-state index contributed by atoms with van der Waals surface area (Å²) in [5, 5.41) is 2.21. The molecule has 0 aliphatic rings. The minimum Gasteiger partial charge on any atom is -0.497 e. The first-order valence-corrected chi connectivity index (χ1v) is 8.36. The fourth-order valence-corrected chi connectivity index (χ4v) is 3.14. The molecule has 0 saturated carbocycles. The first kappa shape index (κ1) is 15.4. The molecule has 3 aromatic carbocycles. The summed E-state index contributed by atoms with van der Waals surface area (Å²) >= 11 is 1.72. The molecule has 0 fully saturated rings. The molecule has 0 heterocycles. The van der Waals surface area contributed by atoms with Gasteiger partial charge in [-0.15, -0.1) is 0 Å². The van der Waals surface area contributed by atoms with Crippen molar-refractivity contribution < 1.29 is 4.74 Å². The van der Waals surface area contributed by atoms with Gasteiger partial charge in [0.05, 0.1) is 7.11 Å². The van der Waals surface area contributed by atoms with Crippen LogP contribution in [0.4, 0.5) is 0 Å². The predicted octanol–water partition coefficient (Wildman–Crippen LogP) is 5.88. The second-order valence-corrected chi connectivity index (χ2v) is 6.00. The van der Waals surface area contributed by atoms with Crippen LogP contribution >= 0.6 is 11.8 Å². The zero-order valence-corrected chi connectivity index (χ0v) is 13.8. The molecule has 3 rings (SSSR count). The van der Waals surface area contributed by atoms with E-state index in [0.29, 0.717) is 0 Å². The van der Waals surface area contributed by atoms with Crippen molar-refractivity contribution in [2.24, 2.45) is 0 Å². The molecule has 0 aromatic heterocycles. The summed E-state index contributed by atoms with van der Waals surface area (Å²) in [6, 6.07) is 29.1. The Labute approximate surface area is 141 Å². The Morgan fingerprint density at radius 2 is 1.26 bits per heavy atom. The lowest BCUT2D eigenvalue weighted by atomic mass is 10.00. The summed E-state index contributed by atoms with van der Waals surface area (Å²) in [7, 11) is 1.69. The fourth-order valence-electron chi connectivity index (χ4n) is 2.32. The van der Waals surface area contributed by atoms with E-state index in [4.69, 9.17) is 4.74 Å². The lowest BCUT2D eigenvalue weighted by Gasteiger charge is -2.09. The molecule has 114 valence electrons. The van der Waals surface area contributed by atoms with Crippen molar-refractivity contribution in [1.29, 1.82) is 0 Å². The zero-order valence-electron chi connectivity index (χ0n) is 13.0. The van der Waals surface area contributed by atoms with Gasteiger partial charge in [-0.2, -0.15) is 0 Å². The summed E-state index contributed by atoms with van der Waals surface area (Å²) in [6.45, 7) is 0. The molecule has 0 N–H and O–H groups in total. The molecule has 23 heavy (non-hydrogen) atoms. The Kier molecular flexibility index (Phi) is 5.17. The standard InChI is InChI=1S/C21H18OS/c1-22-19-12-14-20(15-13-19)23-16-21(17-8-4-2-5-9-17)18-10-6-3-7-11-18/h2-16H,1H3. The van der Waals surface area contributed by atoms with Crippen LogP contribution in [0.5, 0.6) is 5.75 Å². The van der Waals surface area contributed by atoms with E-state index in [9.17, 15) is 0 Å². The van der Waals surface area contributed by atoms with Crippen LogP contribution in [-0.4, -0.2) is 7.11 Å². The van der Waals surface area contributed by atoms with Gasteiger partial charge in [0.25, 0.3) is 0 Å². The highest BCUT2D eigenvalue weighted by atomic mass is 32.2. The van der Waals surface area contributed by atoms with Gasteiger partial charge in [0, 0.05) is 4.90 Å². The normalized spacial score (nSPS) is 10.1. The predicted molar refractivity (Wildman–Crippen MR) is 98.8 cm³/mol. The molecule has 0 saturated heterocycles. The van der Waals surface area contributed by atoms with Gasteiger partial charge in [-0.1, -0.05) is 72.4 Å². The zero-order chi connectivity index (χ0) is 15.9. The molecule has 0 aliphatic heterocycles. The van der Waals surface area contributed by atoms with Crippen molar-refractivity contribution >= 4 is 17.3 Å². The number of hydrogen-bond donors (Lipinski definition) is 0. The van der Waals surface area contributed by atoms with Crippen LogP contribution in [0.2, 0.25) is 0 Å². The molecule has 0 bridgehead atoms. The van der Waals surface area contributed by atoms with E-state index in [1.807, 2.05) is 24.3 Å². The lowest BCUT2D eigenvalue weighted by molar-refractivity contribution is 0.414. The Balaban J connectivity index is 1.91. The second-order valence-electron chi connectivity index (χ2n) is 5.06. The molecule has 0 atom stereocenters. The topological polar surface area (TPSA) is 9.23 Å². The van der Waals surface area contributed by atoms with Gasteiger partial charge in [0.15, 0.2) is 0 Å². The highest BCUT2D eigenvalue weighted by molar-refractivity contribution is 8.02. The van der Waals surface area contributed by atoms with Crippen molar-refractivity contribution in [1.82, 2.24) is 0 Å². The van der Waals surface area contributed by atoms with E-state index in [1.54, 1.807) is 18.9 Å². The first-order chi connectivity index (χ1) is 11.4. The summed E-state index contributed by atoms with van der Waals surface area (Å²) in [6.07, 6.45) is 0. The molecule has 0 unspecified atom stereocenters. The molecule has 0 amide bonds. The number of thioether (sulfide) groups is 1. The molecular weight excluding hydrogens is 300 g/mol. The largest absolute Gasteiger partial charge is 0.497 e. The minimum atomic E-state index is 0.879. The summed E-state index contributed by atoms with van der Waals surface area (Å²) < 4.78 is 5.21. The van der Waals surface area contributed by atoms with E-state index in [1.165, 1.54) is 21.6 Å². The van der Waals surface area contributed by atoms with Gasteiger partial charge < -0.3 is 4.74 Å². The van der Waals surface area contributed by atoms with Gasteiger partial charge in [0.1, 0.15) is 5.75 Å². The average Bonchev–Trinajstić information content (AvgIpc) is 2.64. The van der Waals surface area contributed by atoms with Gasteiger partial charge in [-0.25, -0.2) is 0 Å². The van der Waals surface area contributed by atoms with Gasteiger partial charge in [-0.3, -0.25) is 0 Å². The third-order valence-corrected chi connectivity index (χ3v) is 4.44. The quantitative estimate of drug-likeness (QED) is 0.544. The Bertz CT molecular complexity index is 720. The smallest absolute Gasteiger partial charge is 0.118 e. The molecule has 0 radical (unpaired) electrons. The van der Waals surface area contributed by atoms with Crippen LogP contribution in [0.1, 0.15) is 11.1 Å². The molecule has 1 nitrogen and oxygen atoms in total. The van der Waals surface area contributed by atoms with E-state index >= 15 is 0 Å². The number of hydrogen-bond acceptors (Lipinski definition) is 2. The van der Waals surface area contributed by atoms with Crippen molar-refractivity contribution in [2.45, 2.75) is 4.90 Å². The molecule has 0 spiro atoms. The van der Waals surface area contributed by atoms with Crippen LogP contribution in [0.25, 0.3) is 5.57 Å². The van der Waals surface area contributed by atoms with Crippen LogP contribution in [0.3, 0.4) is 0 Å². The maximum Gasteiger partial charge on any atom is 0.118 e. The number of rotatable bonds is 5. The maximum atomic E-state index is 5.21. The Hall–Kier alpha value is -2.45. The van der Waals surface area contributed by atoms with E-state index in [0.717, 1.165) is 5.75 Å². The monoisotopic (exact) mass is 318 g/mol. The van der Waals surface area contributed by atoms with Crippen molar-refractivity contribution in [2.75, 3.05) is 7.11 Å². The summed E-state index contributed by atoms with van der Waals surface area (Å²) in [4.78, 5) is 1.19. The van der Waals surface area contributed by atoms with E-state index in [-0.39, 0.29) is 0 Å². The highest BCUT2D eigenvalue weighted by Crippen LogP contribution is 2.30. The third-order valence-electron chi connectivity index (χ3n) is 3.54. The molecule has 3 aromatic rings. The van der Waals surface area contributed by atoms with Gasteiger partial charge in [0.2, 0.25) is 0 Å². The molecule has 2 heteroatoms. The number of benzene rings is 3. The maximum absolute atomic E-state index is 5.21. The van der Waals surface area contributed by atoms with Crippen molar-refractivity contribution in [3.05, 3.63) is 101 Å². The van der Waals surface area contributed by atoms with Crippen molar-refractivity contribution in [3.8, 4) is 5.75 Å². The van der Waals surface area contributed by atoms with Crippen LogP contribution in [-0.2, 0) is 0 Å². The van der Waals surface area contributed by atoms with Crippen LogP contribution in [0, 0.1) is 0 Å². The minimum absolute atomic E-state index is 0.879. The van der Waals surface area contributed by atoms with E-state index < -0.39 is 0 Å². The average molecular weight is 318 g/mol. The van der Waals surface area contributed by atoms with Crippen molar-refractivity contribution in [3.63, 3.8) is 0 Å². The van der Waals surface area contributed by atoms with Gasteiger partial charge >= 0.3 is 0 Å². The van der Waals surface area contributed by atoms with Crippen LogP contribution < -0.4 is 4.74 Å². The Morgan fingerprint density at radius 3 is 1.74 bits per heavy atom. The van der Waals surface area contributed by atoms with Crippen LogP contribution in [0.15, 0.2) is 95.2 Å². The SMILES string of the molecule is COc1ccc(SC=C(c2ccccc2)c2ccccc2)cc1. The van der Waals surface area contributed by atoms with Gasteiger partial charge in [-0.05, 0) is 46.4 Å². The first-order valence-electron chi connectivity index (χ1n) is 7.48. The highest BCUT2D eigenvalue weighted by Gasteiger charge is 2.04. The second kappa shape index (κ2) is 7.70. The molecular formula is C21H18OS. The lowest BCUT2D eigenvalue weighted by Crippen LogP contribution is -1.86. The summed E-state index contributed by atoms with van der Waals surface area (Å²) in [5.74, 6) is 0.879. The Morgan fingerprint density at radius 1 is 0.739 bits per heavy atom. The number of methoxy groups -OCH3 is 1. The fraction of sp³-hybridized carbons (Fsp3) is 0.0476. The van der Waals surface area contributed by atoms with E-state index in [2.05, 4.69) is 66.1 Å². The third kappa shape index (κ3) is 4.05. The number of ether oxygens (including phenoxy) is 1.